The molecule has 3 aromatic rings. The van der Waals surface area contributed by atoms with Crippen molar-refractivity contribution in [2.24, 2.45) is 10.1 Å². The summed E-state index contributed by atoms with van der Waals surface area (Å²) in [7, 11) is 0. The zero-order valence-corrected chi connectivity index (χ0v) is 16.0. The van der Waals surface area contributed by atoms with Crippen LogP contribution in [0.3, 0.4) is 0 Å². The number of nitrogens with zero attached hydrogens (tertiary/aromatic N) is 3. The largest absolute Gasteiger partial charge is 0.361 e. The highest BCUT2D eigenvalue weighted by atomic mass is 16.2. The van der Waals surface area contributed by atoms with Crippen LogP contribution in [0.2, 0.25) is 0 Å². The lowest BCUT2D eigenvalue weighted by molar-refractivity contribution is -0.121. The van der Waals surface area contributed by atoms with Gasteiger partial charge in [0.05, 0.1) is 6.04 Å². The van der Waals surface area contributed by atoms with Crippen molar-refractivity contribution in [1.82, 2.24) is 15.3 Å². The molecule has 1 aromatic heterocycles. The topological polar surface area (TPSA) is 89.9 Å². The molecule has 0 bridgehead atoms. The first-order valence-corrected chi connectivity index (χ1v) is 9.74. The van der Waals surface area contributed by atoms with Gasteiger partial charge in [0.2, 0.25) is 0 Å². The van der Waals surface area contributed by atoms with E-state index in [1.807, 2.05) is 48.7 Å². The number of hydrazone groups is 1. The molecule has 0 radical (unpaired) electrons. The second kappa shape index (κ2) is 7.44. The van der Waals surface area contributed by atoms with E-state index in [2.05, 4.69) is 20.4 Å². The number of aliphatic imine (C=N–C) groups is 1. The lowest BCUT2D eigenvalue weighted by atomic mass is 9.97. The predicted octanol–water partition coefficient (Wildman–Crippen LogP) is 2.67. The standard InChI is InChI=1S/C23H19N5O2/c29-22(15-7-2-1-3-8-15)26-19(13-16-14-24-18-10-5-4-9-17(16)18)21-23(30)27-20-11-6-12-25-28(20)21/h1-12,14,19,21,24H,13H2,(H,26,29). The Bertz CT molecular complexity index is 1210. The number of para-hydroxylation sites is 1. The van der Waals surface area contributed by atoms with E-state index in [4.69, 9.17) is 0 Å². The zero-order valence-electron chi connectivity index (χ0n) is 16.0. The molecule has 2 unspecified atom stereocenters. The second-order valence-electron chi connectivity index (χ2n) is 7.23. The third kappa shape index (κ3) is 3.20. The van der Waals surface area contributed by atoms with Crippen LogP contribution in [0.1, 0.15) is 15.9 Å². The second-order valence-corrected chi connectivity index (χ2v) is 7.23. The van der Waals surface area contributed by atoms with Crippen molar-refractivity contribution in [2.75, 3.05) is 0 Å². The van der Waals surface area contributed by atoms with E-state index in [1.54, 1.807) is 35.5 Å². The summed E-state index contributed by atoms with van der Waals surface area (Å²) in [6, 6.07) is 15.7. The number of aromatic nitrogens is 1. The van der Waals surface area contributed by atoms with Crippen LogP contribution < -0.4 is 5.32 Å². The Morgan fingerprint density at radius 2 is 1.93 bits per heavy atom. The predicted molar refractivity (Wildman–Crippen MR) is 115 cm³/mol. The number of carbonyl (C=O) groups excluding carboxylic acids is 2. The Labute approximate surface area is 172 Å². The molecular formula is C23H19N5O2. The van der Waals surface area contributed by atoms with Crippen molar-refractivity contribution >= 4 is 34.8 Å². The van der Waals surface area contributed by atoms with Crippen molar-refractivity contribution in [3.05, 3.63) is 84.1 Å². The molecule has 2 aliphatic heterocycles. The van der Waals surface area contributed by atoms with Gasteiger partial charge in [-0.1, -0.05) is 36.4 Å². The Balaban J connectivity index is 1.49. The molecule has 0 aliphatic carbocycles. The number of allylic oxidation sites excluding steroid dienone is 1. The van der Waals surface area contributed by atoms with E-state index < -0.39 is 12.1 Å². The van der Waals surface area contributed by atoms with Crippen LogP contribution >= 0.6 is 0 Å². The van der Waals surface area contributed by atoms with Gasteiger partial charge in [0.25, 0.3) is 11.8 Å². The Morgan fingerprint density at radius 3 is 2.80 bits per heavy atom. The molecule has 7 heteroatoms. The van der Waals surface area contributed by atoms with E-state index in [0.29, 0.717) is 17.8 Å². The van der Waals surface area contributed by atoms with Gasteiger partial charge >= 0.3 is 0 Å². The lowest BCUT2D eigenvalue weighted by Crippen LogP contribution is -2.53. The van der Waals surface area contributed by atoms with Gasteiger partial charge in [0.1, 0.15) is 0 Å². The van der Waals surface area contributed by atoms with Gasteiger partial charge in [-0.3, -0.25) is 9.59 Å². The average molecular weight is 397 g/mol. The number of benzene rings is 2. The molecule has 2 aromatic carbocycles. The number of amides is 2. The fourth-order valence-corrected chi connectivity index (χ4v) is 3.92. The lowest BCUT2D eigenvalue weighted by Gasteiger charge is -2.29. The van der Waals surface area contributed by atoms with Crippen LogP contribution in [-0.2, 0) is 11.2 Å². The summed E-state index contributed by atoms with van der Waals surface area (Å²) >= 11 is 0. The molecule has 2 amide bonds. The van der Waals surface area contributed by atoms with E-state index in [1.165, 1.54) is 0 Å². The summed E-state index contributed by atoms with van der Waals surface area (Å²) < 4.78 is 0. The normalized spacial score (nSPS) is 18.4. The van der Waals surface area contributed by atoms with Gasteiger partial charge in [0, 0.05) is 28.9 Å². The summed E-state index contributed by atoms with van der Waals surface area (Å²) in [4.78, 5) is 33.1. The van der Waals surface area contributed by atoms with Gasteiger partial charge in [-0.15, -0.1) is 0 Å². The van der Waals surface area contributed by atoms with Gasteiger partial charge in [-0.25, -0.2) is 5.01 Å². The van der Waals surface area contributed by atoms with Gasteiger partial charge < -0.3 is 10.3 Å². The van der Waals surface area contributed by atoms with Crippen molar-refractivity contribution in [3.63, 3.8) is 0 Å². The third-order valence-electron chi connectivity index (χ3n) is 5.35. The number of fused-ring (bicyclic) bond motifs is 2. The summed E-state index contributed by atoms with van der Waals surface area (Å²) in [5.74, 6) is -0.0597. The van der Waals surface area contributed by atoms with Crippen LogP contribution in [-0.4, -0.2) is 45.9 Å². The Kier molecular flexibility index (Phi) is 4.48. The van der Waals surface area contributed by atoms with Gasteiger partial charge in [0.15, 0.2) is 11.9 Å². The number of hydrogen-bond donors (Lipinski definition) is 2. The number of amidine groups is 1. The smallest absolute Gasteiger partial charge is 0.274 e. The zero-order chi connectivity index (χ0) is 20.5. The van der Waals surface area contributed by atoms with Crippen LogP contribution in [0.25, 0.3) is 10.9 Å². The Hall–Kier alpha value is -4.00. The molecule has 2 atom stereocenters. The first kappa shape index (κ1) is 18.1. The maximum Gasteiger partial charge on any atom is 0.274 e. The molecule has 7 nitrogen and oxygen atoms in total. The molecule has 0 saturated carbocycles. The highest BCUT2D eigenvalue weighted by Gasteiger charge is 2.41. The summed E-state index contributed by atoms with van der Waals surface area (Å²) in [5.41, 5.74) is 2.56. The average Bonchev–Trinajstić information content (AvgIpc) is 3.34. The fraction of sp³-hybridized carbons (Fsp3) is 0.130. The number of aromatic amines is 1. The van der Waals surface area contributed by atoms with Crippen molar-refractivity contribution in [1.29, 1.82) is 0 Å². The SMILES string of the molecule is O=C(NC(Cc1c[nH]c2ccccc12)C1C(=O)N=C2C=CC=NN21)c1ccccc1. The number of H-pyrrole nitrogens is 1. The minimum Gasteiger partial charge on any atom is -0.361 e. The summed E-state index contributed by atoms with van der Waals surface area (Å²) in [6.07, 6.45) is 7.48. The Morgan fingerprint density at radius 1 is 1.13 bits per heavy atom. The maximum atomic E-state index is 12.9. The molecule has 3 heterocycles. The van der Waals surface area contributed by atoms with E-state index in [-0.39, 0.29) is 11.8 Å². The van der Waals surface area contributed by atoms with Crippen molar-refractivity contribution in [2.45, 2.75) is 18.5 Å². The summed E-state index contributed by atoms with van der Waals surface area (Å²) in [6.45, 7) is 0. The molecule has 0 spiro atoms. The fourth-order valence-electron chi connectivity index (χ4n) is 3.92. The highest BCUT2D eigenvalue weighted by Crippen LogP contribution is 2.25. The van der Waals surface area contributed by atoms with Crippen molar-refractivity contribution in [3.8, 4) is 0 Å². The van der Waals surface area contributed by atoms with Gasteiger partial charge in [-0.05, 0) is 42.3 Å². The minimum absolute atomic E-state index is 0.238. The number of carbonyl (C=O) groups is 2. The van der Waals surface area contributed by atoms with Crippen LogP contribution in [0.5, 0.6) is 0 Å². The van der Waals surface area contributed by atoms with Crippen LogP contribution in [0.4, 0.5) is 0 Å². The molecule has 30 heavy (non-hydrogen) atoms. The summed E-state index contributed by atoms with van der Waals surface area (Å²) in [5, 5.41) is 10.0. The van der Waals surface area contributed by atoms with Crippen LogP contribution in [0.15, 0.2) is 83.0 Å². The van der Waals surface area contributed by atoms with E-state index in [0.717, 1.165) is 16.5 Å². The first-order chi connectivity index (χ1) is 14.7. The van der Waals surface area contributed by atoms with Crippen LogP contribution in [0, 0.1) is 0 Å². The van der Waals surface area contributed by atoms with E-state index >= 15 is 0 Å². The molecule has 0 fully saturated rings. The molecule has 5 rings (SSSR count). The molecule has 148 valence electrons. The number of nitrogens with one attached hydrogen (secondary N) is 2. The monoisotopic (exact) mass is 397 g/mol. The van der Waals surface area contributed by atoms with Crippen molar-refractivity contribution < 1.29 is 9.59 Å². The first-order valence-electron chi connectivity index (χ1n) is 9.74. The molecule has 2 aliphatic rings. The quantitative estimate of drug-likeness (QED) is 0.694. The molecular weight excluding hydrogens is 378 g/mol. The number of hydrogen-bond acceptors (Lipinski definition) is 4. The third-order valence-corrected chi connectivity index (χ3v) is 5.35. The molecule has 2 N–H and O–H groups in total. The van der Waals surface area contributed by atoms with E-state index in [9.17, 15) is 9.59 Å². The molecule has 0 saturated heterocycles. The van der Waals surface area contributed by atoms with Gasteiger partial charge in [-0.2, -0.15) is 10.1 Å². The number of rotatable bonds is 5. The highest BCUT2D eigenvalue weighted by molar-refractivity contribution is 6.11. The maximum absolute atomic E-state index is 12.9. The minimum atomic E-state index is -0.706.